The number of carbonyl (C=O) groups excluding carboxylic acids is 1. The van der Waals surface area contributed by atoms with Crippen LogP contribution in [0.2, 0.25) is 5.02 Å². The molecule has 6 heteroatoms. The van der Waals surface area contributed by atoms with Crippen molar-refractivity contribution in [1.82, 2.24) is 0 Å². The van der Waals surface area contributed by atoms with Gasteiger partial charge in [0.2, 0.25) is 0 Å². The zero-order chi connectivity index (χ0) is 17.7. The number of halogens is 1. The number of amides is 1. The molecule has 2 aromatic rings. The quantitative estimate of drug-likeness (QED) is 0.807. The van der Waals surface area contributed by atoms with E-state index in [0.717, 1.165) is 5.56 Å². The van der Waals surface area contributed by atoms with Gasteiger partial charge in [-0.25, -0.2) is 4.85 Å². The van der Waals surface area contributed by atoms with Gasteiger partial charge < -0.3 is 15.2 Å². The molecule has 0 aromatic heterocycles. The van der Waals surface area contributed by atoms with E-state index in [1.807, 2.05) is 0 Å². The van der Waals surface area contributed by atoms with E-state index in [9.17, 15) is 9.90 Å². The Bertz CT molecular complexity index is 780. The summed E-state index contributed by atoms with van der Waals surface area (Å²) < 4.78 is 5.44. The van der Waals surface area contributed by atoms with Crippen LogP contribution in [0, 0.1) is 13.5 Å². The Morgan fingerprint density at radius 1 is 1.33 bits per heavy atom. The lowest BCUT2D eigenvalue weighted by Crippen LogP contribution is -2.45. The van der Waals surface area contributed by atoms with Crippen LogP contribution in [0.4, 0.5) is 11.4 Å². The molecule has 0 fully saturated rings. The van der Waals surface area contributed by atoms with Gasteiger partial charge in [0, 0.05) is 10.7 Å². The first-order chi connectivity index (χ1) is 11.3. The van der Waals surface area contributed by atoms with Gasteiger partial charge in [-0.15, -0.1) is 0 Å². The summed E-state index contributed by atoms with van der Waals surface area (Å²) in [5.41, 5.74) is 0.0637. The molecule has 0 radical (unpaired) electrons. The predicted octanol–water partition coefficient (Wildman–Crippen LogP) is 3.97. The van der Waals surface area contributed by atoms with Crippen molar-refractivity contribution >= 4 is 28.9 Å². The fourth-order valence-electron chi connectivity index (χ4n) is 1.94. The lowest BCUT2D eigenvalue weighted by molar-refractivity contribution is -0.135. The minimum absolute atomic E-state index is 0.209. The third kappa shape index (κ3) is 4.48. The topological polar surface area (TPSA) is 62.9 Å². The second-order valence-electron chi connectivity index (χ2n) is 5.58. The number of nitrogens with one attached hydrogen (secondary N) is 1. The lowest BCUT2D eigenvalue weighted by atomic mass is 10.1. The Labute approximate surface area is 145 Å². The fourth-order valence-corrected chi connectivity index (χ4v) is 2.07. The van der Waals surface area contributed by atoms with Gasteiger partial charge in [0.15, 0.2) is 11.3 Å². The van der Waals surface area contributed by atoms with E-state index >= 15 is 0 Å². The molecule has 0 aliphatic rings. The molecule has 0 spiro atoms. The first kappa shape index (κ1) is 17.8. The maximum absolute atomic E-state index is 12.3. The minimum atomic E-state index is -1.72. The summed E-state index contributed by atoms with van der Waals surface area (Å²) in [5, 5.41) is 13.5. The molecule has 1 unspecified atom stereocenters. The molecule has 2 aromatic carbocycles. The van der Waals surface area contributed by atoms with Crippen molar-refractivity contribution in [3.05, 3.63) is 64.5 Å². The molecular formula is C18H17ClN2O3. The van der Waals surface area contributed by atoms with Crippen molar-refractivity contribution in [2.75, 3.05) is 11.9 Å². The van der Waals surface area contributed by atoms with E-state index in [-0.39, 0.29) is 6.61 Å². The molecule has 0 saturated carbocycles. The third-order valence-electron chi connectivity index (χ3n) is 3.40. The summed E-state index contributed by atoms with van der Waals surface area (Å²) in [6, 6.07) is 11.6. The number of rotatable bonds is 5. The van der Waals surface area contributed by atoms with Crippen LogP contribution in [0.15, 0.2) is 42.5 Å². The summed E-state index contributed by atoms with van der Waals surface area (Å²) in [4.78, 5) is 15.6. The number of hydrogen-bond donors (Lipinski definition) is 2. The molecule has 2 N–H and O–H groups in total. The highest BCUT2D eigenvalue weighted by Gasteiger charge is 2.31. The fraction of sp³-hybridized carbons (Fsp3) is 0.222. The van der Waals surface area contributed by atoms with E-state index in [1.54, 1.807) is 49.4 Å². The Morgan fingerprint density at radius 2 is 2.00 bits per heavy atom. The molecule has 0 saturated heterocycles. The van der Waals surface area contributed by atoms with Crippen LogP contribution in [0.25, 0.3) is 4.85 Å². The molecule has 124 valence electrons. The van der Waals surface area contributed by atoms with Crippen molar-refractivity contribution in [2.24, 2.45) is 0 Å². The molecule has 5 nitrogen and oxygen atoms in total. The zero-order valence-electron chi connectivity index (χ0n) is 13.3. The molecule has 1 amide bonds. The number of carbonyl (C=O) groups is 1. The van der Waals surface area contributed by atoms with Crippen molar-refractivity contribution < 1.29 is 14.6 Å². The normalized spacial score (nSPS) is 12.8. The van der Waals surface area contributed by atoms with Gasteiger partial charge in [-0.2, -0.15) is 0 Å². The number of nitrogens with zero attached hydrogens (tertiary/aromatic N) is 1. The second-order valence-corrected chi connectivity index (χ2v) is 6.02. The summed E-state index contributed by atoms with van der Waals surface area (Å²) in [6.45, 7) is 9.97. The molecular weight excluding hydrogens is 328 g/mol. The first-order valence-corrected chi connectivity index (χ1v) is 7.60. The highest BCUT2D eigenvalue weighted by Crippen LogP contribution is 2.23. The summed E-state index contributed by atoms with van der Waals surface area (Å²) in [6.07, 6.45) is 0. The van der Waals surface area contributed by atoms with Crippen LogP contribution in [-0.4, -0.2) is 23.2 Å². The monoisotopic (exact) mass is 344 g/mol. The van der Waals surface area contributed by atoms with Crippen LogP contribution in [-0.2, 0) is 4.79 Å². The largest absolute Gasteiger partial charge is 0.490 e. The maximum atomic E-state index is 12.3. The number of ether oxygens (including phenoxy) is 1. The zero-order valence-corrected chi connectivity index (χ0v) is 14.1. The molecule has 1 atom stereocenters. The maximum Gasteiger partial charge on any atom is 0.259 e. The smallest absolute Gasteiger partial charge is 0.259 e. The second kappa shape index (κ2) is 7.35. The van der Waals surface area contributed by atoms with E-state index in [4.69, 9.17) is 22.9 Å². The number of hydrogen-bond acceptors (Lipinski definition) is 3. The van der Waals surface area contributed by atoms with Gasteiger partial charge >= 0.3 is 0 Å². The average molecular weight is 345 g/mol. The van der Waals surface area contributed by atoms with Crippen LogP contribution in [0.3, 0.4) is 0 Å². The number of aryl methyl sites for hydroxylation is 1. The molecule has 2 rings (SSSR count). The first-order valence-electron chi connectivity index (χ1n) is 7.22. The van der Waals surface area contributed by atoms with Crippen molar-refractivity contribution in [3.63, 3.8) is 0 Å². The van der Waals surface area contributed by atoms with E-state index in [1.165, 1.54) is 6.92 Å². The van der Waals surface area contributed by atoms with Gasteiger partial charge in [0.25, 0.3) is 5.91 Å². The highest BCUT2D eigenvalue weighted by atomic mass is 35.5. The number of aliphatic hydroxyl groups is 1. The Balaban J connectivity index is 2.00. The SMILES string of the molecule is [C-]#[N+]c1ccc(NC(=O)C(C)(O)COc2ccc(Cl)cc2)cc1C. The van der Waals surface area contributed by atoms with Crippen molar-refractivity contribution in [2.45, 2.75) is 19.4 Å². The van der Waals surface area contributed by atoms with Crippen LogP contribution < -0.4 is 10.1 Å². The average Bonchev–Trinajstić information content (AvgIpc) is 2.54. The lowest BCUT2D eigenvalue weighted by Gasteiger charge is -2.22. The predicted molar refractivity (Wildman–Crippen MR) is 93.6 cm³/mol. The number of benzene rings is 2. The minimum Gasteiger partial charge on any atom is -0.490 e. The van der Waals surface area contributed by atoms with Crippen LogP contribution >= 0.6 is 11.6 Å². The summed E-state index contributed by atoms with van der Waals surface area (Å²) in [7, 11) is 0. The van der Waals surface area contributed by atoms with E-state index < -0.39 is 11.5 Å². The van der Waals surface area contributed by atoms with Gasteiger partial charge in [-0.05, 0) is 55.8 Å². The summed E-state index contributed by atoms with van der Waals surface area (Å²) >= 11 is 5.79. The van der Waals surface area contributed by atoms with Crippen LogP contribution in [0.5, 0.6) is 5.75 Å². The number of anilines is 1. The Kier molecular flexibility index (Phi) is 5.45. The molecule has 0 bridgehead atoms. The van der Waals surface area contributed by atoms with Crippen molar-refractivity contribution in [1.29, 1.82) is 0 Å². The highest BCUT2D eigenvalue weighted by molar-refractivity contribution is 6.30. The Morgan fingerprint density at radius 3 is 2.58 bits per heavy atom. The van der Waals surface area contributed by atoms with Gasteiger partial charge in [-0.3, -0.25) is 4.79 Å². The third-order valence-corrected chi connectivity index (χ3v) is 3.65. The van der Waals surface area contributed by atoms with E-state index in [0.29, 0.717) is 22.1 Å². The molecule has 0 aliphatic heterocycles. The molecule has 0 heterocycles. The Hall–Kier alpha value is -2.55. The molecule has 0 aliphatic carbocycles. The van der Waals surface area contributed by atoms with E-state index in [2.05, 4.69) is 10.2 Å². The standard InChI is InChI=1S/C18H17ClN2O3/c1-12-10-14(6-9-16(12)20-3)21-17(22)18(2,23)11-24-15-7-4-13(19)5-8-15/h4-10,23H,11H2,1-2H3,(H,21,22). The van der Waals surface area contributed by atoms with Gasteiger partial charge in [0.05, 0.1) is 6.57 Å². The molecule has 24 heavy (non-hydrogen) atoms. The summed E-state index contributed by atoms with van der Waals surface area (Å²) in [5.74, 6) is -0.0869. The van der Waals surface area contributed by atoms with Crippen LogP contribution in [0.1, 0.15) is 12.5 Å². The van der Waals surface area contributed by atoms with Gasteiger partial charge in [-0.1, -0.05) is 17.7 Å². The van der Waals surface area contributed by atoms with Crippen molar-refractivity contribution in [3.8, 4) is 5.75 Å². The van der Waals surface area contributed by atoms with Gasteiger partial charge in [0.1, 0.15) is 12.4 Å².